The van der Waals surface area contributed by atoms with E-state index in [1.165, 1.54) is 109 Å². The van der Waals surface area contributed by atoms with Gasteiger partial charge in [-0.05, 0) is 79.3 Å². The van der Waals surface area contributed by atoms with Crippen LogP contribution < -0.4 is 0 Å². The molecule has 0 aliphatic carbocycles. The maximum absolute atomic E-state index is 13.9. The van der Waals surface area contributed by atoms with E-state index in [-0.39, 0.29) is 39.1 Å². The van der Waals surface area contributed by atoms with Crippen LogP contribution in [0.3, 0.4) is 0 Å². The lowest BCUT2D eigenvalue weighted by molar-refractivity contribution is -0.180. The van der Waals surface area contributed by atoms with E-state index < -0.39 is 41.0 Å². The Morgan fingerprint density at radius 1 is 0.413 bits per heavy atom. The number of rotatable bonds is 43. The zero-order chi connectivity index (χ0) is 47.0. The Morgan fingerprint density at radius 3 is 1.17 bits per heavy atom. The summed E-state index contributed by atoms with van der Waals surface area (Å²) in [6.07, 6.45) is 28.9. The molecule has 0 aromatic heterocycles. The molecule has 0 fully saturated rings. The summed E-state index contributed by atoms with van der Waals surface area (Å²) in [4.78, 5) is 55.0. The van der Waals surface area contributed by atoms with Crippen molar-refractivity contribution in [1.82, 2.24) is 4.90 Å². The summed E-state index contributed by atoms with van der Waals surface area (Å²) in [7, 11) is 0. The van der Waals surface area contributed by atoms with Crippen LogP contribution in [0.4, 0.5) is 9.59 Å². The maximum Gasteiger partial charge on any atom is 0.508 e. The minimum absolute atomic E-state index is 0.198. The smallest absolute Gasteiger partial charge is 0.465 e. The first-order valence-electron chi connectivity index (χ1n) is 26.0. The van der Waals surface area contributed by atoms with E-state index >= 15 is 0 Å². The molecule has 0 aromatic carbocycles. The minimum atomic E-state index is -1.27. The standard InChI is InChI=1S/C52H99NO10/c1-10-15-18-21-24-25-26-27-28-29-32-35-40-58-49(56)61-43-45(44-62-50(57)59-41-36-39-53(13-4)14-5)42-60-47(54)51(6,7)52(8,9)48(55)63-46(37-33-30-22-19-16-11-2)38-34-31-23-20-17-12-3/h45-46H,10-44H2,1-9H3. The second-order valence-corrected chi connectivity index (χ2v) is 18.9. The topological polar surface area (TPSA) is 127 Å². The summed E-state index contributed by atoms with van der Waals surface area (Å²) in [6, 6.07) is 0. The van der Waals surface area contributed by atoms with E-state index in [4.69, 9.17) is 28.4 Å². The van der Waals surface area contributed by atoms with Crippen LogP contribution in [-0.4, -0.2) is 87.9 Å². The first kappa shape index (κ1) is 60.4. The van der Waals surface area contributed by atoms with Crippen LogP contribution in [0.5, 0.6) is 0 Å². The Labute approximate surface area is 386 Å². The van der Waals surface area contributed by atoms with Crippen LogP contribution in [0.2, 0.25) is 0 Å². The van der Waals surface area contributed by atoms with Crippen LogP contribution in [-0.2, 0) is 38.0 Å². The Balaban J connectivity index is 5.33. The Kier molecular flexibility index (Phi) is 38.2. The van der Waals surface area contributed by atoms with Gasteiger partial charge in [0.1, 0.15) is 25.9 Å². The van der Waals surface area contributed by atoms with Gasteiger partial charge >= 0.3 is 24.2 Å². The second kappa shape index (κ2) is 39.8. The molecule has 0 heterocycles. The molecular weight excluding hydrogens is 799 g/mol. The van der Waals surface area contributed by atoms with Gasteiger partial charge in [0.25, 0.3) is 0 Å². The van der Waals surface area contributed by atoms with Gasteiger partial charge in [-0.3, -0.25) is 9.59 Å². The van der Waals surface area contributed by atoms with Crippen LogP contribution >= 0.6 is 0 Å². The molecule has 0 saturated carbocycles. The molecule has 0 bridgehead atoms. The summed E-state index contributed by atoms with van der Waals surface area (Å²) >= 11 is 0. The first-order valence-corrected chi connectivity index (χ1v) is 26.0. The molecule has 372 valence electrons. The highest BCUT2D eigenvalue weighted by atomic mass is 16.7. The van der Waals surface area contributed by atoms with Gasteiger partial charge < -0.3 is 33.3 Å². The molecule has 0 spiro atoms. The first-order chi connectivity index (χ1) is 30.3. The van der Waals surface area contributed by atoms with Crippen LogP contribution in [0.25, 0.3) is 0 Å². The molecule has 0 aromatic rings. The lowest BCUT2D eigenvalue weighted by atomic mass is 9.68. The van der Waals surface area contributed by atoms with Crippen molar-refractivity contribution in [3.63, 3.8) is 0 Å². The van der Waals surface area contributed by atoms with Crippen molar-refractivity contribution >= 4 is 24.2 Å². The number of hydrogen-bond donors (Lipinski definition) is 0. The van der Waals surface area contributed by atoms with Crippen molar-refractivity contribution < 1.29 is 47.6 Å². The van der Waals surface area contributed by atoms with Crippen LogP contribution in [0.1, 0.15) is 236 Å². The molecule has 0 aliphatic rings. The van der Waals surface area contributed by atoms with E-state index in [0.29, 0.717) is 6.42 Å². The molecule has 0 amide bonds. The predicted octanol–water partition coefficient (Wildman–Crippen LogP) is 14.4. The van der Waals surface area contributed by atoms with Gasteiger partial charge in [-0.25, -0.2) is 9.59 Å². The number of nitrogens with zero attached hydrogens (tertiary/aromatic N) is 1. The summed E-state index contributed by atoms with van der Waals surface area (Å²) in [5, 5.41) is 0. The molecule has 0 N–H and O–H groups in total. The second-order valence-electron chi connectivity index (χ2n) is 18.9. The van der Waals surface area contributed by atoms with Crippen molar-refractivity contribution in [2.24, 2.45) is 16.7 Å². The van der Waals surface area contributed by atoms with E-state index in [1.54, 1.807) is 27.7 Å². The third-order valence-corrected chi connectivity index (χ3v) is 12.9. The van der Waals surface area contributed by atoms with E-state index in [0.717, 1.165) is 77.4 Å². The average Bonchev–Trinajstić information content (AvgIpc) is 3.26. The Bertz CT molecular complexity index is 1110. The quantitative estimate of drug-likeness (QED) is 0.0330. The maximum atomic E-state index is 13.9. The number of carbonyl (C=O) groups is 4. The van der Waals surface area contributed by atoms with Gasteiger partial charge in [-0.2, -0.15) is 0 Å². The van der Waals surface area contributed by atoms with Gasteiger partial charge in [-0.1, -0.05) is 169 Å². The lowest BCUT2D eigenvalue weighted by Gasteiger charge is -2.38. The minimum Gasteiger partial charge on any atom is -0.465 e. The van der Waals surface area contributed by atoms with E-state index in [9.17, 15) is 19.2 Å². The molecule has 11 heteroatoms. The number of hydrogen-bond acceptors (Lipinski definition) is 11. The Hall–Kier alpha value is -2.56. The molecule has 0 radical (unpaired) electrons. The average molecular weight is 898 g/mol. The van der Waals surface area contributed by atoms with Crippen LogP contribution in [0, 0.1) is 16.7 Å². The lowest BCUT2D eigenvalue weighted by Crippen LogP contribution is -2.48. The predicted molar refractivity (Wildman–Crippen MR) is 256 cm³/mol. The van der Waals surface area contributed by atoms with Gasteiger partial charge in [0.2, 0.25) is 0 Å². The van der Waals surface area contributed by atoms with Gasteiger partial charge in [0, 0.05) is 6.54 Å². The van der Waals surface area contributed by atoms with Crippen LogP contribution in [0.15, 0.2) is 0 Å². The molecule has 0 saturated heterocycles. The molecular formula is C52H99NO10. The fourth-order valence-corrected chi connectivity index (χ4v) is 7.43. The summed E-state index contributed by atoms with van der Waals surface area (Å²) < 4.78 is 33.5. The third kappa shape index (κ3) is 31.1. The number of unbranched alkanes of at least 4 members (excludes halogenated alkanes) is 21. The molecule has 0 rings (SSSR count). The third-order valence-electron chi connectivity index (χ3n) is 12.9. The number of carbonyl (C=O) groups excluding carboxylic acids is 4. The fraction of sp³-hybridized carbons (Fsp3) is 0.923. The molecule has 1 unspecified atom stereocenters. The molecule has 11 nitrogen and oxygen atoms in total. The highest BCUT2D eigenvalue weighted by Crippen LogP contribution is 2.41. The van der Waals surface area contributed by atoms with E-state index in [2.05, 4.69) is 39.5 Å². The summed E-state index contributed by atoms with van der Waals surface area (Å²) in [5.41, 5.74) is -2.47. The number of ether oxygens (including phenoxy) is 6. The highest BCUT2D eigenvalue weighted by molar-refractivity contribution is 5.87. The normalized spacial score (nSPS) is 12.4. The monoisotopic (exact) mass is 898 g/mol. The summed E-state index contributed by atoms with van der Waals surface area (Å²) in [6.45, 7) is 20.1. The fourth-order valence-electron chi connectivity index (χ4n) is 7.43. The number of esters is 2. The van der Waals surface area contributed by atoms with Crippen molar-refractivity contribution in [3.8, 4) is 0 Å². The largest absolute Gasteiger partial charge is 0.508 e. The molecule has 63 heavy (non-hydrogen) atoms. The van der Waals surface area contributed by atoms with Gasteiger partial charge in [0.05, 0.1) is 30.0 Å². The molecule has 0 aliphatic heterocycles. The SMILES string of the molecule is CCCCCCCCCCCCCCOC(=O)OCC(COC(=O)OCCCN(CC)CC)COC(=O)C(C)(C)C(C)(C)C(=O)OC(CCCCCCCC)CCCCCCCC. The van der Waals surface area contributed by atoms with Gasteiger partial charge in [-0.15, -0.1) is 0 Å². The zero-order valence-corrected chi connectivity index (χ0v) is 42.4. The Morgan fingerprint density at radius 2 is 0.762 bits per heavy atom. The zero-order valence-electron chi connectivity index (χ0n) is 42.4. The van der Waals surface area contributed by atoms with Gasteiger partial charge in [0.15, 0.2) is 0 Å². The highest BCUT2D eigenvalue weighted by Gasteiger charge is 2.51. The van der Waals surface area contributed by atoms with Crippen molar-refractivity contribution in [2.75, 3.05) is 52.7 Å². The van der Waals surface area contributed by atoms with Crippen molar-refractivity contribution in [1.29, 1.82) is 0 Å². The van der Waals surface area contributed by atoms with E-state index in [1.807, 2.05) is 0 Å². The van der Waals surface area contributed by atoms with Crippen molar-refractivity contribution in [2.45, 2.75) is 242 Å². The summed E-state index contributed by atoms with van der Waals surface area (Å²) in [5.74, 6) is -1.72. The van der Waals surface area contributed by atoms with Crippen molar-refractivity contribution in [3.05, 3.63) is 0 Å². The molecule has 1 atom stereocenters.